The predicted molar refractivity (Wildman–Crippen MR) is 102 cm³/mol. The van der Waals surface area contributed by atoms with Crippen molar-refractivity contribution in [1.29, 1.82) is 0 Å². The van der Waals surface area contributed by atoms with Crippen molar-refractivity contribution in [2.24, 2.45) is 11.8 Å². The Hall–Kier alpha value is -0.163. The highest BCUT2D eigenvalue weighted by Crippen LogP contribution is 2.42. The van der Waals surface area contributed by atoms with Crippen LogP contribution in [0.4, 0.5) is 0 Å². The van der Waals surface area contributed by atoms with Gasteiger partial charge in [0, 0.05) is 11.8 Å². The second-order valence-corrected chi connectivity index (χ2v) is 13.4. The Labute approximate surface area is 145 Å². The summed E-state index contributed by atoms with van der Waals surface area (Å²) in [5, 5.41) is 20.9. The van der Waals surface area contributed by atoms with Crippen molar-refractivity contribution in [2.45, 2.75) is 91.1 Å². The van der Waals surface area contributed by atoms with Crippen LogP contribution in [0.5, 0.6) is 0 Å². The monoisotopic (exact) mass is 344 g/mol. The van der Waals surface area contributed by atoms with Crippen molar-refractivity contribution >= 4 is 8.32 Å². The van der Waals surface area contributed by atoms with Gasteiger partial charge in [-0.05, 0) is 23.5 Å². The summed E-state index contributed by atoms with van der Waals surface area (Å²) in [5.41, 5.74) is 1.49. The van der Waals surface area contributed by atoms with Gasteiger partial charge < -0.3 is 14.6 Å². The van der Waals surface area contributed by atoms with Crippen LogP contribution in [-0.4, -0.2) is 37.3 Å². The van der Waals surface area contributed by atoms with E-state index in [1.54, 1.807) is 0 Å². The SMILES string of the molecule is C/C=C\[C@@H](C)[C@H](O)[C@H](C)[C@@H](O)CO[Si](C(C)C)(C(C)C)C(C)C. The lowest BCUT2D eigenvalue weighted by atomic mass is 9.89. The maximum atomic E-state index is 10.5. The molecule has 0 aliphatic rings. The first kappa shape index (κ1) is 22.8. The maximum absolute atomic E-state index is 10.5. The van der Waals surface area contributed by atoms with E-state index in [4.69, 9.17) is 4.43 Å². The Bertz CT molecular complexity index is 331. The van der Waals surface area contributed by atoms with E-state index in [9.17, 15) is 10.2 Å². The molecule has 2 N–H and O–H groups in total. The zero-order valence-corrected chi connectivity index (χ0v) is 17.7. The first-order valence-electron chi connectivity index (χ1n) is 9.15. The molecule has 0 bridgehead atoms. The van der Waals surface area contributed by atoms with E-state index in [0.29, 0.717) is 23.2 Å². The average molecular weight is 345 g/mol. The molecule has 4 heteroatoms. The molecule has 23 heavy (non-hydrogen) atoms. The van der Waals surface area contributed by atoms with Crippen LogP contribution in [0, 0.1) is 11.8 Å². The molecule has 0 aromatic rings. The minimum absolute atomic E-state index is 0.0342. The highest BCUT2D eigenvalue weighted by molar-refractivity contribution is 6.77. The summed E-state index contributed by atoms with van der Waals surface area (Å²) >= 11 is 0. The maximum Gasteiger partial charge on any atom is 0.200 e. The number of rotatable bonds is 10. The van der Waals surface area contributed by atoms with E-state index in [0.717, 1.165) is 0 Å². The zero-order chi connectivity index (χ0) is 18.4. The van der Waals surface area contributed by atoms with Crippen molar-refractivity contribution in [1.82, 2.24) is 0 Å². The van der Waals surface area contributed by atoms with Crippen LogP contribution in [0.25, 0.3) is 0 Å². The topological polar surface area (TPSA) is 49.7 Å². The molecule has 0 heterocycles. The van der Waals surface area contributed by atoms with E-state index in [-0.39, 0.29) is 11.8 Å². The smallest absolute Gasteiger partial charge is 0.200 e. The Kier molecular flexibility index (Phi) is 9.90. The van der Waals surface area contributed by atoms with Gasteiger partial charge in [-0.3, -0.25) is 0 Å². The fourth-order valence-electron chi connectivity index (χ4n) is 4.01. The van der Waals surface area contributed by atoms with Crippen LogP contribution in [0.2, 0.25) is 16.6 Å². The zero-order valence-electron chi connectivity index (χ0n) is 16.7. The van der Waals surface area contributed by atoms with E-state index < -0.39 is 20.5 Å². The molecule has 0 radical (unpaired) electrons. The minimum Gasteiger partial charge on any atom is -0.413 e. The Morgan fingerprint density at radius 1 is 0.870 bits per heavy atom. The van der Waals surface area contributed by atoms with Crippen LogP contribution in [0.3, 0.4) is 0 Å². The van der Waals surface area contributed by atoms with Crippen molar-refractivity contribution < 1.29 is 14.6 Å². The molecule has 138 valence electrons. The summed E-state index contributed by atoms with van der Waals surface area (Å²) in [4.78, 5) is 0. The fourth-order valence-corrected chi connectivity index (χ4v) is 9.46. The van der Waals surface area contributed by atoms with Crippen molar-refractivity contribution in [3.8, 4) is 0 Å². The van der Waals surface area contributed by atoms with E-state index >= 15 is 0 Å². The molecule has 0 saturated heterocycles. The normalized spacial score (nSPS) is 18.9. The second-order valence-electron chi connectivity index (χ2n) is 7.93. The van der Waals surface area contributed by atoms with E-state index in [2.05, 4.69) is 41.5 Å². The number of allylic oxidation sites excluding steroid dienone is 1. The third kappa shape index (κ3) is 5.70. The van der Waals surface area contributed by atoms with Crippen LogP contribution < -0.4 is 0 Å². The fraction of sp³-hybridized carbons (Fsp3) is 0.895. The second kappa shape index (κ2) is 9.97. The van der Waals surface area contributed by atoms with Crippen LogP contribution in [-0.2, 0) is 4.43 Å². The first-order chi connectivity index (χ1) is 10.5. The standard InChI is InChI=1S/C19H40O3Si/c1-10-11-16(8)19(21)17(9)18(20)12-22-23(13(2)3,14(4)5)15(6)7/h10-11,13-21H,12H2,1-9H3/b11-10-/t16-,17-,18+,19+/m1/s1. The Morgan fingerprint density at radius 2 is 1.30 bits per heavy atom. The largest absolute Gasteiger partial charge is 0.413 e. The molecular weight excluding hydrogens is 304 g/mol. The molecule has 0 unspecified atom stereocenters. The Balaban J connectivity index is 4.97. The molecule has 0 amide bonds. The van der Waals surface area contributed by atoms with Gasteiger partial charge in [0.05, 0.1) is 18.8 Å². The van der Waals surface area contributed by atoms with Crippen LogP contribution >= 0.6 is 0 Å². The van der Waals surface area contributed by atoms with Gasteiger partial charge >= 0.3 is 0 Å². The Morgan fingerprint density at radius 3 is 1.65 bits per heavy atom. The number of hydrogen-bond donors (Lipinski definition) is 2. The van der Waals surface area contributed by atoms with Gasteiger partial charge in [0.15, 0.2) is 8.32 Å². The quantitative estimate of drug-likeness (QED) is 0.444. The molecular formula is C19H40O3Si. The molecule has 0 rings (SSSR count). The first-order valence-corrected chi connectivity index (χ1v) is 11.3. The summed E-state index contributed by atoms with van der Waals surface area (Å²) in [5.74, 6) is -0.175. The van der Waals surface area contributed by atoms with Gasteiger partial charge in [-0.2, -0.15) is 0 Å². The third-order valence-electron chi connectivity index (χ3n) is 5.39. The highest BCUT2D eigenvalue weighted by Gasteiger charge is 2.45. The van der Waals surface area contributed by atoms with Gasteiger partial charge in [-0.1, -0.05) is 67.5 Å². The minimum atomic E-state index is -1.97. The summed E-state index contributed by atoms with van der Waals surface area (Å²) in [6.07, 6.45) is 2.72. The summed E-state index contributed by atoms with van der Waals surface area (Å²) in [6.45, 7) is 19.6. The number of hydrogen-bond acceptors (Lipinski definition) is 3. The molecule has 0 aliphatic carbocycles. The third-order valence-corrected chi connectivity index (χ3v) is 11.5. The molecule has 3 nitrogen and oxygen atoms in total. The number of aliphatic hydroxyl groups excluding tert-OH is 2. The molecule has 0 aliphatic heterocycles. The van der Waals surface area contributed by atoms with Crippen LogP contribution in [0.15, 0.2) is 12.2 Å². The molecule has 0 spiro atoms. The molecule has 0 aromatic heterocycles. The van der Waals surface area contributed by atoms with Crippen molar-refractivity contribution in [3.05, 3.63) is 12.2 Å². The summed E-state index contributed by atoms with van der Waals surface area (Å²) in [6, 6.07) is 0. The average Bonchev–Trinajstić information content (AvgIpc) is 2.45. The number of aliphatic hydroxyl groups is 2. The lowest BCUT2D eigenvalue weighted by Gasteiger charge is -2.43. The molecule has 0 fully saturated rings. The molecule has 4 atom stereocenters. The van der Waals surface area contributed by atoms with Gasteiger partial charge in [0.2, 0.25) is 0 Å². The highest BCUT2D eigenvalue weighted by atomic mass is 28.4. The molecule has 0 aromatic carbocycles. The predicted octanol–water partition coefficient (Wildman–Crippen LogP) is 4.75. The van der Waals surface area contributed by atoms with Gasteiger partial charge in [-0.25, -0.2) is 0 Å². The van der Waals surface area contributed by atoms with Gasteiger partial charge in [0.1, 0.15) is 0 Å². The van der Waals surface area contributed by atoms with E-state index in [1.807, 2.05) is 32.9 Å². The summed E-state index contributed by atoms with van der Waals surface area (Å²) < 4.78 is 6.45. The van der Waals surface area contributed by atoms with Gasteiger partial charge in [-0.15, -0.1) is 0 Å². The molecule has 0 saturated carbocycles. The lowest BCUT2D eigenvalue weighted by Crippen LogP contribution is -2.50. The summed E-state index contributed by atoms with van der Waals surface area (Å²) in [7, 11) is -1.97. The van der Waals surface area contributed by atoms with Crippen molar-refractivity contribution in [3.63, 3.8) is 0 Å². The van der Waals surface area contributed by atoms with Crippen LogP contribution in [0.1, 0.15) is 62.3 Å². The lowest BCUT2D eigenvalue weighted by molar-refractivity contribution is -0.0189. The van der Waals surface area contributed by atoms with E-state index in [1.165, 1.54) is 0 Å². The van der Waals surface area contributed by atoms with Crippen molar-refractivity contribution in [2.75, 3.05) is 6.61 Å². The van der Waals surface area contributed by atoms with Gasteiger partial charge in [0.25, 0.3) is 0 Å².